The first-order valence-corrected chi connectivity index (χ1v) is 8.58. The van der Waals surface area contributed by atoms with Crippen LogP contribution in [0, 0.1) is 11.3 Å². The van der Waals surface area contributed by atoms with Crippen molar-refractivity contribution in [2.24, 2.45) is 11.3 Å². The molecule has 4 heteroatoms. The summed E-state index contributed by atoms with van der Waals surface area (Å²) in [5, 5.41) is 17.0. The monoisotopic (exact) mass is 316 g/mol. The molecule has 132 valence electrons. The summed E-state index contributed by atoms with van der Waals surface area (Å²) >= 11 is 0. The predicted molar refractivity (Wildman–Crippen MR) is 91.1 cm³/mol. The lowest BCUT2D eigenvalue weighted by Crippen LogP contribution is -2.11. The van der Waals surface area contributed by atoms with Gasteiger partial charge in [0, 0.05) is 6.42 Å². The van der Waals surface area contributed by atoms with Crippen LogP contribution < -0.4 is 0 Å². The molecule has 0 radical (unpaired) electrons. The average molecular weight is 316 g/mol. The first-order chi connectivity index (χ1) is 10.1. The van der Waals surface area contributed by atoms with Crippen molar-refractivity contribution in [3.63, 3.8) is 0 Å². The topological polar surface area (TPSA) is 74.6 Å². The van der Waals surface area contributed by atoms with E-state index in [1.165, 1.54) is 6.42 Å². The van der Waals surface area contributed by atoms with Crippen LogP contribution in [0.3, 0.4) is 0 Å². The summed E-state index contributed by atoms with van der Waals surface area (Å²) in [6.07, 6.45) is 8.24. The zero-order valence-corrected chi connectivity index (χ0v) is 15.2. The Kier molecular flexibility index (Phi) is 14.3. The van der Waals surface area contributed by atoms with Gasteiger partial charge < -0.3 is 10.2 Å². The summed E-state index contributed by atoms with van der Waals surface area (Å²) in [5.74, 6) is -1.43. The fourth-order valence-corrected chi connectivity index (χ4v) is 2.06. The van der Waals surface area contributed by atoms with Gasteiger partial charge in [-0.05, 0) is 31.1 Å². The van der Waals surface area contributed by atoms with Crippen molar-refractivity contribution in [2.75, 3.05) is 0 Å². The largest absolute Gasteiger partial charge is 0.481 e. The van der Waals surface area contributed by atoms with Gasteiger partial charge in [-0.3, -0.25) is 9.59 Å². The van der Waals surface area contributed by atoms with Crippen molar-refractivity contribution in [2.45, 2.75) is 92.4 Å². The van der Waals surface area contributed by atoms with Gasteiger partial charge in [0.25, 0.3) is 0 Å². The molecule has 0 amide bonds. The number of hydrogen-bond donors (Lipinski definition) is 2. The summed E-state index contributed by atoms with van der Waals surface area (Å²) in [7, 11) is 0. The van der Waals surface area contributed by atoms with E-state index in [1.54, 1.807) is 0 Å². The molecule has 22 heavy (non-hydrogen) atoms. The van der Waals surface area contributed by atoms with Gasteiger partial charge in [0.1, 0.15) is 0 Å². The molecule has 0 bridgehead atoms. The molecular weight excluding hydrogens is 280 g/mol. The lowest BCUT2D eigenvalue weighted by atomic mass is 9.89. The van der Waals surface area contributed by atoms with Gasteiger partial charge in [-0.15, -0.1) is 0 Å². The van der Waals surface area contributed by atoms with Crippen LogP contribution in [0.15, 0.2) is 0 Å². The van der Waals surface area contributed by atoms with E-state index in [9.17, 15) is 9.59 Å². The van der Waals surface area contributed by atoms with Crippen LogP contribution in [0.5, 0.6) is 0 Å². The highest BCUT2D eigenvalue weighted by Crippen LogP contribution is 2.22. The number of carbonyl (C=O) groups is 2. The minimum absolute atomic E-state index is 0.111. The number of carboxylic acid groups (broad SMARTS) is 2. The molecule has 2 N–H and O–H groups in total. The molecule has 0 saturated heterocycles. The molecule has 0 aromatic carbocycles. The number of unbranched alkanes of at least 4 members (excludes halogenated alkanes) is 3. The van der Waals surface area contributed by atoms with Crippen LogP contribution in [0.4, 0.5) is 0 Å². The predicted octanol–water partition coefficient (Wildman–Crippen LogP) is 5.36. The molecule has 0 saturated carbocycles. The maximum absolute atomic E-state index is 10.4. The summed E-state index contributed by atoms with van der Waals surface area (Å²) < 4.78 is 0. The van der Waals surface area contributed by atoms with Crippen LogP contribution in [0.25, 0.3) is 0 Å². The standard InChI is InChI=1S/C10H20O2.C8H16O2/c1-10(2,3)8-6-4-5-7-9(11)12;1-3-5-6-7(4-2)8(9)10/h4-8H2,1-3H3,(H,11,12);7H,3-6H2,1-2H3,(H,9,10). The summed E-state index contributed by atoms with van der Waals surface area (Å²) in [6.45, 7) is 10.6. The van der Waals surface area contributed by atoms with Gasteiger partial charge in [0.2, 0.25) is 0 Å². The van der Waals surface area contributed by atoms with Crippen LogP contribution >= 0.6 is 0 Å². The quantitative estimate of drug-likeness (QED) is 0.532. The SMILES string of the molecule is CC(C)(C)CCCCCC(=O)O.CCCCC(CC)C(=O)O. The Labute approximate surface area is 136 Å². The highest BCUT2D eigenvalue weighted by Gasteiger charge is 2.12. The van der Waals surface area contributed by atoms with Crippen molar-refractivity contribution < 1.29 is 19.8 Å². The van der Waals surface area contributed by atoms with E-state index < -0.39 is 11.9 Å². The maximum Gasteiger partial charge on any atom is 0.306 e. The molecular formula is C18H36O4. The molecule has 0 fully saturated rings. The lowest BCUT2D eigenvalue weighted by Gasteiger charge is -2.17. The smallest absolute Gasteiger partial charge is 0.306 e. The third kappa shape index (κ3) is 18.9. The molecule has 0 aliphatic heterocycles. The normalized spacial score (nSPS) is 12.2. The Morgan fingerprint density at radius 2 is 1.55 bits per heavy atom. The zero-order chi connectivity index (χ0) is 17.6. The molecule has 0 heterocycles. The van der Waals surface area contributed by atoms with E-state index in [0.717, 1.165) is 44.9 Å². The molecule has 1 atom stereocenters. The Morgan fingerprint density at radius 1 is 0.955 bits per heavy atom. The van der Waals surface area contributed by atoms with Gasteiger partial charge in [-0.25, -0.2) is 0 Å². The van der Waals surface area contributed by atoms with Crippen LogP contribution in [0.1, 0.15) is 92.4 Å². The third-order valence-corrected chi connectivity index (χ3v) is 3.57. The van der Waals surface area contributed by atoms with E-state index in [0.29, 0.717) is 11.8 Å². The minimum atomic E-state index is -0.675. The minimum Gasteiger partial charge on any atom is -0.481 e. The van der Waals surface area contributed by atoms with Crippen LogP contribution in [0.2, 0.25) is 0 Å². The van der Waals surface area contributed by atoms with Crippen molar-refractivity contribution in [1.29, 1.82) is 0 Å². The third-order valence-electron chi connectivity index (χ3n) is 3.57. The Hall–Kier alpha value is -1.06. The molecule has 0 aromatic heterocycles. The van der Waals surface area contributed by atoms with Crippen molar-refractivity contribution in [3.8, 4) is 0 Å². The van der Waals surface area contributed by atoms with Crippen LogP contribution in [-0.4, -0.2) is 22.2 Å². The lowest BCUT2D eigenvalue weighted by molar-refractivity contribution is -0.142. The average Bonchev–Trinajstić information content (AvgIpc) is 2.38. The van der Waals surface area contributed by atoms with E-state index in [-0.39, 0.29) is 5.92 Å². The van der Waals surface area contributed by atoms with Gasteiger partial charge in [-0.2, -0.15) is 0 Å². The van der Waals surface area contributed by atoms with E-state index >= 15 is 0 Å². The van der Waals surface area contributed by atoms with E-state index in [4.69, 9.17) is 10.2 Å². The second-order valence-corrected chi connectivity index (χ2v) is 7.10. The summed E-state index contributed by atoms with van der Waals surface area (Å²) in [5.41, 5.74) is 0.392. The summed E-state index contributed by atoms with van der Waals surface area (Å²) in [6, 6.07) is 0. The van der Waals surface area contributed by atoms with Gasteiger partial charge in [0.05, 0.1) is 5.92 Å². The van der Waals surface area contributed by atoms with Crippen molar-refractivity contribution >= 4 is 11.9 Å². The highest BCUT2D eigenvalue weighted by atomic mass is 16.4. The van der Waals surface area contributed by atoms with E-state index in [2.05, 4.69) is 27.7 Å². The van der Waals surface area contributed by atoms with Gasteiger partial charge >= 0.3 is 11.9 Å². The summed E-state index contributed by atoms with van der Waals surface area (Å²) in [4.78, 5) is 20.6. The fraction of sp³-hybridized carbons (Fsp3) is 0.889. The molecule has 0 spiro atoms. The first-order valence-electron chi connectivity index (χ1n) is 8.58. The molecule has 4 nitrogen and oxygen atoms in total. The Morgan fingerprint density at radius 3 is 1.91 bits per heavy atom. The van der Waals surface area contributed by atoms with Crippen LogP contribution in [-0.2, 0) is 9.59 Å². The number of rotatable bonds is 10. The number of aliphatic carboxylic acids is 2. The Balaban J connectivity index is 0. The second-order valence-electron chi connectivity index (χ2n) is 7.10. The first kappa shape index (κ1) is 23.2. The maximum atomic E-state index is 10.4. The molecule has 0 aliphatic carbocycles. The Bertz CT molecular complexity index is 292. The molecule has 0 aliphatic rings. The van der Waals surface area contributed by atoms with Gasteiger partial charge in [0.15, 0.2) is 0 Å². The molecule has 0 aromatic rings. The van der Waals surface area contributed by atoms with E-state index in [1.807, 2.05) is 6.92 Å². The number of carboxylic acids is 2. The highest BCUT2D eigenvalue weighted by molar-refractivity contribution is 5.69. The number of hydrogen-bond acceptors (Lipinski definition) is 2. The van der Waals surface area contributed by atoms with Crippen molar-refractivity contribution in [3.05, 3.63) is 0 Å². The fourth-order valence-electron chi connectivity index (χ4n) is 2.06. The van der Waals surface area contributed by atoms with Crippen molar-refractivity contribution in [1.82, 2.24) is 0 Å². The zero-order valence-electron chi connectivity index (χ0n) is 15.2. The molecule has 0 rings (SSSR count). The van der Waals surface area contributed by atoms with Gasteiger partial charge in [-0.1, -0.05) is 60.3 Å². The molecule has 1 unspecified atom stereocenters. The second kappa shape index (κ2) is 13.6.